The van der Waals surface area contributed by atoms with Crippen LogP contribution in [0.3, 0.4) is 0 Å². The molecule has 1 fully saturated rings. The number of piperazine rings is 1. The third kappa shape index (κ3) is 3.18. The molecule has 94 valence electrons. The van der Waals surface area contributed by atoms with E-state index < -0.39 is 5.82 Å². The maximum atomic E-state index is 13.2. The van der Waals surface area contributed by atoms with Gasteiger partial charge in [0.2, 0.25) is 0 Å². The third-order valence-electron chi connectivity index (χ3n) is 3.06. The van der Waals surface area contributed by atoms with E-state index in [0.29, 0.717) is 12.0 Å². The summed E-state index contributed by atoms with van der Waals surface area (Å²) in [4.78, 5) is 2.31. The number of rotatable bonds is 3. The molecular formula is C12H16BrFN2O. The maximum absolute atomic E-state index is 13.2. The highest BCUT2D eigenvalue weighted by Gasteiger charge is 2.14. The highest BCUT2D eigenvalue weighted by atomic mass is 79.9. The van der Waals surface area contributed by atoms with Crippen LogP contribution in [0.15, 0.2) is 16.6 Å². The minimum Gasteiger partial charge on any atom is -0.505 e. The number of hydrogen-bond donors (Lipinski definition) is 2. The zero-order valence-electron chi connectivity index (χ0n) is 9.55. The number of hydrogen-bond acceptors (Lipinski definition) is 3. The van der Waals surface area contributed by atoms with Crippen LogP contribution >= 0.6 is 15.9 Å². The number of aromatic hydroxyl groups is 1. The molecule has 1 aromatic rings. The Labute approximate surface area is 109 Å². The molecule has 3 nitrogen and oxygen atoms in total. The molecule has 2 N–H and O–H groups in total. The van der Waals surface area contributed by atoms with Gasteiger partial charge in [-0.3, -0.25) is 0 Å². The minimum atomic E-state index is -0.552. The molecule has 0 aliphatic carbocycles. The summed E-state index contributed by atoms with van der Waals surface area (Å²) in [5.41, 5.74) is 0.656. The van der Waals surface area contributed by atoms with Gasteiger partial charge in [-0.15, -0.1) is 0 Å². The molecule has 17 heavy (non-hydrogen) atoms. The second-order valence-corrected chi connectivity index (χ2v) is 5.05. The first-order valence-electron chi connectivity index (χ1n) is 5.77. The molecule has 0 unspecified atom stereocenters. The fourth-order valence-electron chi connectivity index (χ4n) is 2.03. The van der Waals surface area contributed by atoms with Gasteiger partial charge in [-0.2, -0.15) is 0 Å². The van der Waals surface area contributed by atoms with Crippen LogP contribution in [0.4, 0.5) is 4.39 Å². The minimum absolute atomic E-state index is 0.227. The van der Waals surface area contributed by atoms with Gasteiger partial charge in [-0.05, 0) is 18.6 Å². The molecule has 0 spiro atoms. The van der Waals surface area contributed by atoms with Crippen LogP contribution < -0.4 is 5.32 Å². The van der Waals surface area contributed by atoms with Gasteiger partial charge in [0, 0.05) is 42.8 Å². The van der Waals surface area contributed by atoms with Crippen molar-refractivity contribution in [3.63, 3.8) is 0 Å². The zero-order valence-corrected chi connectivity index (χ0v) is 11.1. The Morgan fingerprint density at radius 1 is 1.35 bits per heavy atom. The highest BCUT2D eigenvalue weighted by Crippen LogP contribution is 2.29. The van der Waals surface area contributed by atoms with E-state index in [2.05, 4.69) is 26.1 Å². The summed E-state index contributed by atoms with van der Waals surface area (Å²) in [5, 5.41) is 13.0. The Bertz CT molecular complexity index is 394. The van der Waals surface area contributed by atoms with Crippen LogP contribution in [0.5, 0.6) is 5.75 Å². The molecule has 5 heteroatoms. The summed E-state index contributed by atoms with van der Waals surface area (Å²) in [7, 11) is 0. The van der Waals surface area contributed by atoms with E-state index in [0.717, 1.165) is 37.2 Å². The molecule has 1 saturated heterocycles. The first kappa shape index (κ1) is 12.8. The van der Waals surface area contributed by atoms with Crippen molar-refractivity contribution in [3.05, 3.63) is 28.0 Å². The highest BCUT2D eigenvalue weighted by molar-refractivity contribution is 9.10. The average molecular weight is 303 g/mol. The lowest BCUT2D eigenvalue weighted by Gasteiger charge is -2.27. The summed E-state index contributed by atoms with van der Waals surface area (Å²) in [6, 6.07) is 2.91. The van der Waals surface area contributed by atoms with Crippen molar-refractivity contribution in [3.8, 4) is 5.75 Å². The summed E-state index contributed by atoms with van der Waals surface area (Å²) in [6.07, 6.45) is 0.657. The maximum Gasteiger partial charge on any atom is 0.165 e. The van der Waals surface area contributed by atoms with Gasteiger partial charge in [0.05, 0.1) is 0 Å². The molecule has 0 bridgehead atoms. The van der Waals surface area contributed by atoms with Crippen molar-refractivity contribution in [1.82, 2.24) is 10.2 Å². The van der Waals surface area contributed by atoms with Crippen molar-refractivity contribution in [2.24, 2.45) is 0 Å². The number of phenols is 1. The molecule has 0 atom stereocenters. The van der Waals surface area contributed by atoms with Crippen molar-refractivity contribution in [2.45, 2.75) is 6.42 Å². The van der Waals surface area contributed by atoms with Gasteiger partial charge in [-0.25, -0.2) is 4.39 Å². The van der Waals surface area contributed by atoms with Crippen LogP contribution in [0.1, 0.15) is 5.56 Å². The topological polar surface area (TPSA) is 35.5 Å². The molecule has 2 rings (SSSR count). The van der Waals surface area contributed by atoms with Gasteiger partial charge < -0.3 is 15.3 Å². The Morgan fingerprint density at radius 2 is 2.06 bits per heavy atom. The van der Waals surface area contributed by atoms with E-state index in [4.69, 9.17) is 0 Å². The molecule has 1 aromatic carbocycles. The van der Waals surface area contributed by atoms with Gasteiger partial charge in [0.15, 0.2) is 11.6 Å². The normalized spacial score (nSPS) is 17.3. The molecule has 0 amide bonds. The monoisotopic (exact) mass is 302 g/mol. The molecule has 0 saturated carbocycles. The smallest absolute Gasteiger partial charge is 0.165 e. The number of halogens is 2. The van der Waals surface area contributed by atoms with E-state index in [9.17, 15) is 9.50 Å². The largest absolute Gasteiger partial charge is 0.505 e. The number of phenolic OH excluding ortho intramolecular Hbond substituents is 1. The number of nitrogens with zero attached hydrogens (tertiary/aromatic N) is 1. The van der Waals surface area contributed by atoms with Gasteiger partial charge >= 0.3 is 0 Å². The van der Waals surface area contributed by atoms with E-state index in [1.54, 1.807) is 6.07 Å². The lowest BCUT2D eigenvalue weighted by Crippen LogP contribution is -2.44. The molecule has 1 heterocycles. The first-order chi connectivity index (χ1) is 8.18. The van der Waals surface area contributed by atoms with E-state index in [-0.39, 0.29) is 5.75 Å². The Morgan fingerprint density at radius 3 is 2.76 bits per heavy atom. The Hall–Kier alpha value is -0.650. The van der Waals surface area contributed by atoms with Crippen molar-refractivity contribution in [1.29, 1.82) is 0 Å². The van der Waals surface area contributed by atoms with Crippen molar-refractivity contribution in [2.75, 3.05) is 32.7 Å². The van der Waals surface area contributed by atoms with Crippen molar-refractivity contribution >= 4 is 15.9 Å². The van der Waals surface area contributed by atoms with Gasteiger partial charge in [0.25, 0.3) is 0 Å². The van der Waals surface area contributed by atoms with E-state index >= 15 is 0 Å². The predicted molar refractivity (Wildman–Crippen MR) is 68.8 cm³/mol. The first-order valence-corrected chi connectivity index (χ1v) is 6.56. The zero-order chi connectivity index (χ0) is 12.3. The second kappa shape index (κ2) is 5.80. The molecular weight excluding hydrogens is 287 g/mol. The summed E-state index contributed by atoms with van der Waals surface area (Å²) in [5.74, 6) is -0.780. The predicted octanol–water partition coefficient (Wildman–Crippen LogP) is 1.74. The SMILES string of the molecule is Oc1c(F)ccc(Br)c1CCN1CCNCC1. The lowest BCUT2D eigenvalue weighted by molar-refractivity contribution is 0.243. The fraction of sp³-hybridized carbons (Fsp3) is 0.500. The third-order valence-corrected chi connectivity index (χ3v) is 3.81. The lowest BCUT2D eigenvalue weighted by atomic mass is 10.1. The number of benzene rings is 1. The average Bonchev–Trinajstić information content (AvgIpc) is 2.35. The Kier molecular flexibility index (Phi) is 4.36. The second-order valence-electron chi connectivity index (χ2n) is 4.20. The van der Waals surface area contributed by atoms with Crippen LogP contribution in [-0.4, -0.2) is 42.7 Å². The van der Waals surface area contributed by atoms with E-state index in [1.807, 2.05) is 0 Å². The van der Waals surface area contributed by atoms with Crippen LogP contribution in [0.25, 0.3) is 0 Å². The van der Waals surface area contributed by atoms with Crippen LogP contribution in [0.2, 0.25) is 0 Å². The van der Waals surface area contributed by atoms with Gasteiger partial charge in [0.1, 0.15) is 0 Å². The van der Waals surface area contributed by atoms with Crippen LogP contribution in [0, 0.1) is 5.82 Å². The van der Waals surface area contributed by atoms with Crippen LogP contribution in [-0.2, 0) is 6.42 Å². The van der Waals surface area contributed by atoms with E-state index in [1.165, 1.54) is 6.07 Å². The summed E-state index contributed by atoms with van der Waals surface area (Å²) >= 11 is 3.35. The molecule has 0 radical (unpaired) electrons. The summed E-state index contributed by atoms with van der Waals surface area (Å²) in [6.45, 7) is 4.85. The fourth-order valence-corrected chi connectivity index (χ4v) is 2.54. The summed E-state index contributed by atoms with van der Waals surface area (Å²) < 4.78 is 14.0. The Balaban J connectivity index is 2.00. The molecule has 1 aliphatic heterocycles. The number of nitrogens with one attached hydrogen (secondary N) is 1. The standard InChI is InChI=1S/C12H16BrFN2O/c13-10-1-2-11(14)12(17)9(10)3-6-16-7-4-15-5-8-16/h1-2,15,17H,3-8H2. The van der Waals surface area contributed by atoms with Crippen molar-refractivity contribution < 1.29 is 9.50 Å². The molecule has 1 aliphatic rings. The molecule has 0 aromatic heterocycles. The van der Waals surface area contributed by atoms with Gasteiger partial charge in [-0.1, -0.05) is 15.9 Å². The quantitative estimate of drug-likeness (QED) is 0.893.